The number of esters is 1. The van der Waals surface area contributed by atoms with Gasteiger partial charge in [-0.15, -0.1) is 0 Å². The van der Waals surface area contributed by atoms with Crippen LogP contribution in [0.15, 0.2) is 42.5 Å². The molecule has 0 radical (unpaired) electrons. The Hall–Kier alpha value is -1.82. The van der Waals surface area contributed by atoms with Crippen LogP contribution in [0, 0.1) is 0 Å². The molecule has 2 aromatic rings. The van der Waals surface area contributed by atoms with Crippen molar-refractivity contribution in [1.29, 1.82) is 0 Å². The molecule has 2 rings (SSSR count). The van der Waals surface area contributed by atoms with E-state index >= 15 is 0 Å². The lowest BCUT2D eigenvalue weighted by Crippen LogP contribution is -2.21. The van der Waals surface area contributed by atoms with Gasteiger partial charge in [0.15, 0.2) is 5.11 Å². The highest BCUT2D eigenvalue weighted by Gasteiger charge is 2.12. The van der Waals surface area contributed by atoms with E-state index in [1.54, 1.807) is 42.5 Å². The van der Waals surface area contributed by atoms with Crippen molar-refractivity contribution in [3.63, 3.8) is 0 Å². The van der Waals surface area contributed by atoms with E-state index in [9.17, 15) is 4.79 Å². The maximum absolute atomic E-state index is 11.7. The first-order valence-corrected chi connectivity index (χ1v) is 7.38. The number of benzene rings is 2. The van der Waals surface area contributed by atoms with E-state index in [2.05, 4.69) is 10.6 Å². The quantitative estimate of drug-likeness (QED) is 0.623. The molecule has 0 bridgehead atoms. The lowest BCUT2D eigenvalue weighted by atomic mass is 10.2. The number of rotatable bonds is 3. The van der Waals surface area contributed by atoms with E-state index in [1.165, 1.54) is 7.11 Å². The molecular weight excluding hydrogens is 343 g/mol. The summed E-state index contributed by atoms with van der Waals surface area (Å²) in [6, 6.07) is 12.1. The minimum atomic E-state index is -0.452. The van der Waals surface area contributed by atoms with Gasteiger partial charge in [-0.3, -0.25) is 0 Å². The van der Waals surface area contributed by atoms with Gasteiger partial charge in [0.05, 0.1) is 34.1 Å². The standard InChI is InChI=1S/C15H12Cl2N2O2S/c1-21-14(20)9-5-2-3-7-11(9)18-15(22)19-12-8-4-6-10(16)13(12)17/h2-8H,1H3,(H2,18,19,22). The van der Waals surface area contributed by atoms with Gasteiger partial charge in [0.2, 0.25) is 0 Å². The van der Waals surface area contributed by atoms with E-state index in [-0.39, 0.29) is 5.11 Å². The molecule has 0 spiro atoms. The Balaban J connectivity index is 2.16. The number of carbonyl (C=O) groups is 1. The number of halogens is 2. The van der Waals surface area contributed by atoms with Crippen LogP contribution in [0.25, 0.3) is 0 Å². The summed E-state index contributed by atoms with van der Waals surface area (Å²) in [6.45, 7) is 0. The molecule has 2 N–H and O–H groups in total. The van der Waals surface area contributed by atoms with Gasteiger partial charge in [-0.25, -0.2) is 4.79 Å². The van der Waals surface area contributed by atoms with Crippen LogP contribution >= 0.6 is 35.4 Å². The van der Waals surface area contributed by atoms with Gasteiger partial charge in [-0.2, -0.15) is 0 Å². The average molecular weight is 355 g/mol. The summed E-state index contributed by atoms with van der Waals surface area (Å²) in [7, 11) is 1.32. The molecule has 0 amide bonds. The molecule has 0 aliphatic rings. The predicted molar refractivity (Wildman–Crippen MR) is 94.1 cm³/mol. The summed E-state index contributed by atoms with van der Waals surface area (Å²) < 4.78 is 4.73. The third-order valence-electron chi connectivity index (χ3n) is 2.78. The maximum atomic E-state index is 11.7. The zero-order valence-electron chi connectivity index (χ0n) is 11.5. The molecule has 0 saturated carbocycles. The second kappa shape index (κ2) is 7.45. The minimum Gasteiger partial charge on any atom is -0.465 e. The van der Waals surface area contributed by atoms with Crippen LogP contribution < -0.4 is 10.6 Å². The Bertz CT molecular complexity index is 722. The topological polar surface area (TPSA) is 50.4 Å². The zero-order valence-corrected chi connectivity index (χ0v) is 13.9. The maximum Gasteiger partial charge on any atom is 0.339 e. The summed E-state index contributed by atoms with van der Waals surface area (Å²) in [5.41, 5.74) is 1.48. The first-order chi connectivity index (χ1) is 10.5. The fourth-order valence-electron chi connectivity index (χ4n) is 1.76. The third kappa shape index (κ3) is 3.88. The molecule has 0 aliphatic heterocycles. The second-order valence-corrected chi connectivity index (χ2v) is 5.41. The molecule has 0 heterocycles. The monoisotopic (exact) mass is 354 g/mol. The van der Waals surface area contributed by atoms with Crippen molar-refractivity contribution in [2.24, 2.45) is 0 Å². The molecule has 0 aliphatic carbocycles. The summed E-state index contributed by atoms with van der Waals surface area (Å²) >= 11 is 17.3. The van der Waals surface area contributed by atoms with E-state index in [0.29, 0.717) is 27.0 Å². The zero-order chi connectivity index (χ0) is 16.1. The van der Waals surface area contributed by atoms with Crippen molar-refractivity contribution >= 4 is 57.9 Å². The molecule has 114 valence electrons. The smallest absolute Gasteiger partial charge is 0.339 e. The molecule has 4 nitrogen and oxygen atoms in total. The van der Waals surface area contributed by atoms with Crippen molar-refractivity contribution in [3.05, 3.63) is 58.1 Å². The highest BCUT2D eigenvalue weighted by molar-refractivity contribution is 7.80. The van der Waals surface area contributed by atoms with Gasteiger partial charge in [0.25, 0.3) is 0 Å². The van der Waals surface area contributed by atoms with Crippen molar-refractivity contribution in [2.75, 3.05) is 17.7 Å². The molecule has 0 fully saturated rings. The Morgan fingerprint density at radius 3 is 2.41 bits per heavy atom. The number of anilines is 2. The SMILES string of the molecule is COC(=O)c1ccccc1NC(=S)Nc1cccc(Cl)c1Cl. The fraction of sp³-hybridized carbons (Fsp3) is 0.0667. The summed E-state index contributed by atoms with van der Waals surface area (Å²) in [5, 5.41) is 6.94. The van der Waals surface area contributed by atoms with Crippen molar-refractivity contribution < 1.29 is 9.53 Å². The Morgan fingerprint density at radius 2 is 1.68 bits per heavy atom. The van der Waals surface area contributed by atoms with Gasteiger partial charge < -0.3 is 15.4 Å². The van der Waals surface area contributed by atoms with Crippen LogP contribution in [-0.2, 0) is 4.74 Å². The number of carbonyl (C=O) groups excluding carboxylic acids is 1. The first-order valence-electron chi connectivity index (χ1n) is 6.22. The number of hydrogen-bond acceptors (Lipinski definition) is 3. The third-order valence-corrected chi connectivity index (χ3v) is 3.80. The van der Waals surface area contributed by atoms with Gasteiger partial charge in [-0.05, 0) is 36.5 Å². The van der Waals surface area contributed by atoms with E-state index < -0.39 is 5.97 Å². The number of nitrogens with one attached hydrogen (secondary N) is 2. The van der Waals surface area contributed by atoms with Crippen molar-refractivity contribution in [2.45, 2.75) is 0 Å². The van der Waals surface area contributed by atoms with Gasteiger partial charge in [0.1, 0.15) is 0 Å². The lowest BCUT2D eigenvalue weighted by Gasteiger charge is -2.14. The molecule has 2 aromatic carbocycles. The lowest BCUT2D eigenvalue weighted by molar-refractivity contribution is 0.0602. The Morgan fingerprint density at radius 1 is 1.05 bits per heavy atom. The van der Waals surface area contributed by atoms with Gasteiger partial charge >= 0.3 is 5.97 Å². The van der Waals surface area contributed by atoms with Crippen LogP contribution in [-0.4, -0.2) is 18.2 Å². The second-order valence-electron chi connectivity index (χ2n) is 4.22. The van der Waals surface area contributed by atoms with Crippen molar-refractivity contribution in [1.82, 2.24) is 0 Å². The number of thiocarbonyl (C=S) groups is 1. The molecular formula is C15H12Cl2N2O2S. The van der Waals surface area contributed by atoms with Crippen LogP contribution in [0.1, 0.15) is 10.4 Å². The summed E-state index contributed by atoms with van der Waals surface area (Å²) in [6.07, 6.45) is 0. The number of ether oxygens (including phenoxy) is 1. The number of methoxy groups -OCH3 is 1. The molecule has 0 saturated heterocycles. The minimum absolute atomic E-state index is 0.278. The van der Waals surface area contributed by atoms with Crippen LogP contribution in [0.4, 0.5) is 11.4 Å². The van der Waals surface area contributed by atoms with Crippen LogP contribution in [0.2, 0.25) is 10.0 Å². The molecule has 0 atom stereocenters. The molecule has 0 aromatic heterocycles. The molecule has 7 heteroatoms. The molecule has 22 heavy (non-hydrogen) atoms. The number of para-hydroxylation sites is 1. The average Bonchev–Trinajstić information content (AvgIpc) is 2.51. The Kier molecular flexibility index (Phi) is 5.60. The van der Waals surface area contributed by atoms with Gasteiger partial charge in [-0.1, -0.05) is 41.4 Å². The normalized spacial score (nSPS) is 9.95. The predicted octanol–water partition coefficient (Wildman–Crippen LogP) is 4.59. The van der Waals surface area contributed by atoms with Crippen LogP contribution in [0.5, 0.6) is 0 Å². The van der Waals surface area contributed by atoms with Gasteiger partial charge in [0, 0.05) is 0 Å². The van der Waals surface area contributed by atoms with E-state index in [0.717, 1.165) is 0 Å². The van der Waals surface area contributed by atoms with Crippen LogP contribution in [0.3, 0.4) is 0 Å². The summed E-state index contributed by atoms with van der Waals surface area (Å²) in [5.74, 6) is -0.452. The first kappa shape index (κ1) is 16.5. The van der Waals surface area contributed by atoms with E-state index in [4.69, 9.17) is 40.2 Å². The number of hydrogen-bond donors (Lipinski definition) is 2. The molecule has 0 unspecified atom stereocenters. The summed E-state index contributed by atoms with van der Waals surface area (Å²) in [4.78, 5) is 11.7. The Labute approximate surface area is 143 Å². The fourth-order valence-corrected chi connectivity index (χ4v) is 2.32. The largest absolute Gasteiger partial charge is 0.465 e. The van der Waals surface area contributed by atoms with E-state index in [1.807, 2.05) is 0 Å². The highest BCUT2D eigenvalue weighted by Crippen LogP contribution is 2.29. The van der Waals surface area contributed by atoms with Crippen molar-refractivity contribution in [3.8, 4) is 0 Å². The highest BCUT2D eigenvalue weighted by atomic mass is 35.5.